The Hall–Kier alpha value is -2.98. The van der Waals surface area contributed by atoms with Crippen LogP contribution in [-0.2, 0) is 21.9 Å². The van der Waals surface area contributed by atoms with Crippen molar-refractivity contribution in [2.75, 3.05) is 12.4 Å². The van der Waals surface area contributed by atoms with E-state index in [-0.39, 0.29) is 0 Å². The molecule has 11 heteroatoms. The van der Waals surface area contributed by atoms with Crippen molar-refractivity contribution in [3.05, 3.63) is 109 Å². The number of aromatic nitrogens is 3. The Morgan fingerprint density at radius 1 is 1.13 bits per heavy atom. The molecule has 0 saturated heterocycles. The second-order valence-electron chi connectivity index (χ2n) is 8.70. The van der Waals surface area contributed by atoms with Gasteiger partial charge in [0.1, 0.15) is 18.4 Å². The molecule has 2 heterocycles. The summed E-state index contributed by atoms with van der Waals surface area (Å²) in [6.07, 6.45) is 0. The fraction of sp³-hybridized carbons (Fsp3) is 0.179. The van der Waals surface area contributed by atoms with Gasteiger partial charge in [0.15, 0.2) is 0 Å². The van der Waals surface area contributed by atoms with Gasteiger partial charge in [0.25, 0.3) is 0 Å². The highest BCUT2D eigenvalue weighted by Crippen LogP contribution is 2.41. The lowest BCUT2D eigenvalue weighted by molar-refractivity contribution is -0.136. The summed E-state index contributed by atoms with van der Waals surface area (Å²) in [5.41, 5.74) is 3.70. The average molecular weight is 646 g/mol. The minimum Gasteiger partial charge on any atom is -0.489 e. The summed E-state index contributed by atoms with van der Waals surface area (Å²) in [6.45, 7) is 2.14. The highest BCUT2D eigenvalue weighted by Gasteiger charge is 2.37. The third kappa shape index (κ3) is 6.11. The second kappa shape index (κ2) is 12.0. The number of benzene rings is 3. The lowest BCUT2D eigenvalue weighted by Crippen LogP contribution is -2.29. The van der Waals surface area contributed by atoms with Crippen molar-refractivity contribution in [2.24, 2.45) is 0 Å². The Bertz CT molecular complexity index is 1560. The Labute approximate surface area is 248 Å². The molecule has 1 aliphatic rings. The van der Waals surface area contributed by atoms with Crippen LogP contribution in [0.25, 0.3) is 0 Å². The first-order chi connectivity index (χ1) is 18.8. The summed E-state index contributed by atoms with van der Waals surface area (Å²) in [7, 11) is 1.36. The second-order valence-corrected chi connectivity index (χ2v) is 11.4. The Morgan fingerprint density at radius 3 is 2.64 bits per heavy atom. The highest BCUT2D eigenvalue weighted by molar-refractivity contribution is 9.10. The number of ether oxygens (including phenoxy) is 2. The number of allylic oxidation sites excluding steroid dienone is 1. The summed E-state index contributed by atoms with van der Waals surface area (Å²) in [4.78, 5) is 17.8. The van der Waals surface area contributed by atoms with Gasteiger partial charge in [-0.1, -0.05) is 81.2 Å². The van der Waals surface area contributed by atoms with Crippen molar-refractivity contribution in [3.63, 3.8) is 0 Å². The van der Waals surface area contributed by atoms with Crippen LogP contribution in [0.3, 0.4) is 0 Å². The molecular formula is C28H23BrCl2N4O3S. The molecule has 5 rings (SSSR count). The number of hydrogen-bond acceptors (Lipinski definition) is 7. The highest BCUT2D eigenvalue weighted by atomic mass is 79.9. The molecule has 1 aromatic heterocycles. The van der Waals surface area contributed by atoms with E-state index in [1.54, 1.807) is 4.68 Å². The van der Waals surface area contributed by atoms with Crippen LogP contribution in [0, 0.1) is 0 Å². The van der Waals surface area contributed by atoms with Crippen LogP contribution in [0.5, 0.6) is 5.75 Å². The van der Waals surface area contributed by atoms with E-state index < -0.39 is 12.0 Å². The lowest BCUT2D eigenvalue weighted by atomic mass is 9.95. The monoisotopic (exact) mass is 644 g/mol. The van der Waals surface area contributed by atoms with E-state index >= 15 is 0 Å². The summed E-state index contributed by atoms with van der Waals surface area (Å²) in [5, 5.41) is 9.89. The quantitative estimate of drug-likeness (QED) is 0.156. The largest absolute Gasteiger partial charge is 0.489 e. The first-order valence-electron chi connectivity index (χ1n) is 11.9. The number of carbonyl (C=O) groups is 1. The SMILES string of the molecule is COC(=O)C1=C(C)Nc2nc(SCc3ccccc3Cl)nn2C1c1cc(Br)ccc1OCc1ccc(Cl)cc1. The molecule has 0 amide bonds. The zero-order valence-electron chi connectivity index (χ0n) is 21.0. The van der Waals surface area contributed by atoms with Gasteiger partial charge < -0.3 is 14.8 Å². The van der Waals surface area contributed by atoms with E-state index in [9.17, 15) is 4.79 Å². The third-order valence-electron chi connectivity index (χ3n) is 6.13. The molecule has 0 fully saturated rings. The van der Waals surface area contributed by atoms with E-state index in [4.69, 9.17) is 42.8 Å². The molecule has 1 aliphatic heterocycles. The molecule has 200 valence electrons. The number of hydrogen-bond donors (Lipinski definition) is 1. The first kappa shape index (κ1) is 27.6. The minimum atomic E-state index is -0.645. The van der Waals surface area contributed by atoms with Crippen molar-refractivity contribution >= 4 is 62.8 Å². The minimum absolute atomic E-state index is 0.316. The zero-order valence-corrected chi connectivity index (χ0v) is 24.9. The molecule has 3 aromatic carbocycles. The van der Waals surface area contributed by atoms with Gasteiger partial charge >= 0.3 is 5.97 Å². The molecule has 39 heavy (non-hydrogen) atoms. The normalized spacial score (nSPS) is 14.5. The van der Waals surface area contributed by atoms with Crippen LogP contribution in [0.4, 0.5) is 5.95 Å². The molecule has 1 unspecified atom stereocenters. The number of anilines is 1. The number of carbonyl (C=O) groups excluding carboxylic acids is 1. The maximum absolute atomic E-state index is 13.1. The number of thioether (sulfide) groups is 1. The van der Waals surface area contributed by atoms with Gasteiger partial charge in [-0.25, -0.2) is 9.48 Å². The van der Waals surface area contributed by atoms with Gasteiger partial charge in [-0.05, 0) is 54.4 Å². The third-order valence-corrected chi connectivity index (χ3v) is 8.13. The van der Waals surface area contributed by atoms with Crippen molar-refractivity contribution in [3.8, 4) is 5.75 Å². The van der Waals surface area contributed by atoms with E-state index in [0.29, 0.717) is 50.5 Å². The number of nitrogens with one attached hydrogen (secondary N) is 1. The standard InChI is InChI=1S/C28H23BrCl2N4O3S/c1-16-24(26(36)37-2)25(21-13-19(29)9-12-23(21)38-14-17-7-10-20(30)11-8-17)35-27(32-16)33-28(34-35)39-15-18-5-3-4-6-22(18)31/h3-13,25H,14-15H2,1-2H3,(H,32,33,34). The van der Waals surface area contributed by atoms with Crippen LogP contribution < -0.4 is 10.1 Å². The van der Waals surface area contributed by atoms with E-state index in [2.05, 4.69) is 21.2 Å². The first-order valence-corrected chi connectivity index (χ1v) is 14.4. The van der Waals surface area contributed by atoms with Gasteiger partial charge in [-0.3, -0.25) is 0 Å². The van der Waals surface area contributed by atoms with Crippen LogP contribution in [0.15, 0.2) is 87.6 Å². The topological polar surface area (TPSA) is 78.3 Å². The van der Waals surface area contributed by atoms with E-state index in [0.717, 1.165) is 21.2 Å². The summed E-state index contributed by atoms with van der Waals surface area (Å²) >= 11 is 17.4. The summed E-state index contributed by atoms with van der Waals surface area (Å²) in [5.74, 6) is 1.23. The van der Waals surface area contributed by atoms with Crippen LogP contribution in [0.2, 0.25) is 10.0 Å². The number of methoxy groups -OCH3 is 1. The number of halogens is 3. The molecule has 7 nitrogen and oxygen atoms in total. The number of rotatable bonds is 8. The van der Waals surface area contributed by atoms with Crippen molar-refractivity contribution in [2.45, 2.75) is 30.5 Å². The maximum Gasteiger partial charge on any atom is 0.338 e. The average Bonchev–Trinajstić information content (AvgIpc) is 3.34. The molecule has 0 aliphatic carbocycles. The van der Waals surface area contributed by atoms with Crippen molar-refractivity contribution < 1.29 is 14.3 Å². The molecule has 0 spiro atoms. The molecule has 0 saturated carbocycles. The van der Waals surface area contributed by atoms with Gasteiger partial charge in [0.05, 0.1) is 12.7 Å². The molecule has 0 bridgehead atoms. The molecule has 4 aromatic rings. The van der Waals surface area contributed by atoms with E-state index in [1.807, 2.05) is 73.7 Å². The van der Waals surface area contributed by atoms with Gasteiger partial charge in [0.2, 0.25) is 11.1 Å². The van der Waals surface area contributed by atoms with Gasteiger partial charge in [-0.15, -0.1) is 5.10 Å². The lowest BCUT2D eigenvalue weighted by Gasteiger charge is -2.29. The van der Waals surface area contributed by atoms with Crippen LogP contribution >= 0.6 is 50.9 Å². The molecular weight excluding hydrogens is 623 g/mol. The Morgan fingerprint density at radius 2 is 1.90 bits per heavy atom. The number of nitrogens with zero attached hydrogens (tertiary/aromatic N) is 3. The Balaban J connectivity index is 1.52. The summed E-state index contributed by atoms with van der Waals surface area (Å²) in [6, 6.07) is 20.2. The van der Waals surface area contributed by atoms with Crippen molar-refractivity contribution in [1.29, 1.82) is 0 Å². The van der Waals surface area contributed by atoms with Crippen LogP contribution in [-0.4, -0.2) is 27.8 Å². The predicted molar refractivity (Wildman–Crippen MR) is 157 cm³/mol. The summed E-state index contributed by atoms with van der Waals surface area (Å²) < 4.78 is 14.0. The molecule has 1 N–H and O–H groups in total. The fourth-order valence-electron chi connectivity index (χ4n) is 4.22. The fourth-order valence-corrected chi connectivity index (χ4v) is 5.84. The number of esters is 1. The zero-order chi connectivity index (χ0) is 27.5. The predicted octanol–water partition coefficient (Wildman–Crippen LogP) is 7.68. The number of fused-ring (bicyclic) bond motifs is 1. The van der Waals surface area contributed by atoms with Crippen LogP contribution in [0.1, 0.15) is 29.7 Å². The van der Waals surface area contributed by atoms with Crippen molar-refractivity contribution in [1.82, 2.24) is 14.8 Å². The molecule has 0 radical (unpaired) electrons. The Kier molecular flexibility index (Phi) is 8.52. The smallest absolute Gasteiger partial charge is 0.338 e. The van der Waals surface area contributed by atoms with Gasteiger partial charge in [0, 0.05) is 31.5 Å². The van der Waals surface area contributed by atoms with Gasteiger partial charge in [-0.2, -0.15) is 4.98 Å². The maximum atomic E-state index is 13.1. The molecule has 1 atom stereocenters. The van der Waals surface area contributed by atoms with E-state index in [1.165, 1.54) is 18.9 Å².